The van der Waals surface area contributed by atoms with Crippen LogP contribution < -0.4 is 5.32 Å². The molecule has 2 rings (SSSR count). The van der Waals surface area contributed by atoms with Gasteiger partial charge in [-0.3, -0.25) is 0 Å². The highest BCUT2D eigenvalue weighted by Crippen LogP contribution is 2.24. The number of hydrogen-bond acceptors (Lipinski definition) is 4. The van der Waals surface area contributed by atoms with E-state index in [-0.39, 0.29) is 6.04 Å². The summed E-state index contributed by atoms with van der Waals surface area (Å²) in [4.78, 5) is 0. The van der Waals surface area contributed by atoms with Gasteiger partial charge in [-0.25, -0.2) is 0 Å². The first-order valence-corrected chi connectivity index (χ1v) is 7.35. The van der Waals surface area contributed by atoms with E-state index in [4.69, 9.17) is 27.6 Å². The molecule has 1 atom stereocenters. The van der Waals surface area contributed by atoms with Crippen LogP contribution in [-0.2, 0) is 6.42 Å². The maximum Gasteiger partial charge on any atom is 0.233 e. The van der Waals surface area contributed by atoms with Gasteiger partial charge in [0.1, 0.15) is 0 Å². The molecule has 108 valence electrons. The lowest BCUT2D eigenvalue weighted by Gasteiger charge is -2.07. The number of halogens is 2. The summed E-state index contributed by atoms with van der Waals surface area (Å²) in [5, 5.41) is 12.5. The third-order valence-electron chi connectivity index (χ3n) is 2.89. The molecule has 0 bridgehead atoms. The van der Waals surface area contributed by atoms with Crippen LogP contribution in [0.2, 0.25) is 10.0 Å². The molecule has 0 saturated heterocycles. The lowest BCUT2D eigenvalue weighted by Crippen LogP contribution is -2.19. The topological polar surface area (TPSA) is 51.0 Å². The van der Waals surface area contributed by atoms with Crippen LogP contribution in [0.3, 0.4) is 0 Å². The van der Waals surface area contributed by atoms with Crippen molar-refractivity contribution in [1.82, 2.24) is 15.5 Å². The Morgan fingerprint density at radius 1 is 1.25 bits per heavy atom. The lowest BCUT2D eigenvalue weighted by molar-refractivity contribution is 0.397. The van der Waals surface area contributed by atoms with Crippen molar-refractivity contribution in [1.29, 1.82) is 0 Å². The van der Waals surface area contributed by atoms with Crippen molar-refractivity contribution in [2.75, 3.05) is 6.54 Å². The van der Waals surface area contributed by atoms with E-state index in [1.54, 1.807) is 6.07 Å². The fourth-order valence-corrected chi connectivity index (χ4v) is 2.11. The molecule has 6 heteroatoms. The maximum absolute atomic E-state index is 5.98. The zero-order chi connectivity index (χ0) is 14.5. The number of nitrogens with zero attached hydrogens (tertiary/aromatic N) is 2. The first kappa shape index (κ1) is 15.3. The molecule has 0 saturated carbocycles. The van der Waals surface area contributed by atoms with Gasteiger partial charge in [0, 0.05) is 0 Å². The van der Waals surface area contributed by atoms with Gasteiger partial charge in [0.05, 0.1) is 22.5 Å². The van der Waals surface area contributed by atoms with Crippen LogP contribution in [-0.4, -0.2) is 16.7 Å². The number of rotatable bonds is 6. The van der Waals surface area contributed by atoms with Crippen molar-refractivity contribution in [3.8, 4) is 0 Å². The van der Waals surface area contributed by atoms with Crippen LogP contribution >= 0.6 is 23.2 Å². The molecule has 1 heterocycles. The molecule has 0 radical (unpaired) electrons. The molecule has 0 aliphatic carbocycles. The first-order valence-electron chi connectivity index (χ1n) is 6.59. The normalized spacial score (nSPS) is 12.6. The van der Waals surface area contributed by atoms with Crippen molar-refractivity contribution in [3.63, 3.8) is 0 Å². The van der Waals surface area contributed by atoms with Gasteiger partial charge in [-0.05, 0) is 37.6 Å². The molecular formula is C14H17Cl2N3O. The van der Waals surface area contributed by atoms with Gasteiger partial charge < -0.3 is 9.73 Å². The van der Waals surface area contributed by atoms with Crippen molar-refractivity contribution in [3.05, 3.63) is 45.6 Å². The molecule has 0 aliphatic rings. The molecule has 0 amide bonds. The zero-order valence-electron chi connectivity index (χ0n) is 11.5. The molecular weight excluding hydrogens is 297 g/mol. The molecule has 0 fully saturated rings. The standard InChI is InChI=1S/C14H17Cl2N3O/c1-3-6-17-9(2)14-19-18-13(20-14)8-10-4-5-11(15)12(16)7-10/h4-5,7,9,17H,3,6,8H2,1-2H3. The predicted molar refractivity (Wildman–Crippen MR) is 80.3 cm³/mol. The molecule has 1 aromatic heterocycles. The van der Waals surface area contributed by atoms with Crippen LogP contribution in [0.15, 0.2) is 22.6 Å². The minimum absolute atomic E-state index is 0.0602. The second-order valence-electron chi connectivity index (χ2n) is 4.64. The highest BCUT2D eigenvalue weighted by Gasteiger charge is 2.13. The minimum Gasteiger partial charge on any atom is -0.423 e. The Balaban J connectivity index is 2.03. The van der Waals surface area contributed by atoms with Gasteiger partial charge in [-0.1, -0.05) is 36.2 Å². The van der Waals surface area contributed by atoms with Crippen LogP contribution in [0.25, 0.3) is 0 Å². The Bertz CT molecular complexity index is 571. The Hall–Kier alpha value is -1.10. The smallest absolute Gasteiger partial charge is 0.233 e. The lowest BCUT2D eigenvalue weighted by atomic mass is 10.1. The summed E-state index contributed by atoms with van der Waals surface area (Å²) in [5.74, 6) is 1.18. The van der Waals surface area contributed by atoms with Crippen LogP contribution in [0.1, 0.15) is 43.7 Å². The Labute approximate surface area is 128 Å². The highest BCUT2D eigenvalue weighted by molar-refractivity contribution is 6.42. The molecule has 0 spiro atoms. The molecule has 2 aromatic rings. The summed E-state index contributed by atoms with van der Waals surface area (Å²) in [6, 6.07) is 5.54. The SMILES string of the molecule is CCCNC(C)c1nnc(Cc2ccc(Cl)c(Cl)c2)o1. The summed E-state index contributed by atoms with van der Waals surface area (Å²) in [5.41, 5.74) is 0.990. The third kappa shape index (κ3) is 3.95. The fourth-order valence-electron chi connectivity index (χ4n) is 1.79. The summed E-state index contributed by atoms with van der Waals surface area (Å²) in [7, 11) is 0. The van der Waals surface area contributed by atoms with Gasteiger partial charge in [0.25, 0.3) is 0 Å². The van der Waals surface area contributed by atoms with Gasteiger partial charge in [-0.15, -0.1) is 10.2 Å². The quantitative estimate of drug-likeness (QED) is 0.874. The van der Waals surface area contributed by atoms with E-state index in [1.807, 2.05) is 19.1 Å². The number of benzene rings is 1. The predicted octanol–water partition coefficient (Wildman–Crippen LogP) is 4.03. The van der Waals surface area contributed by atoms with Crippen LogP contribution in [0.5, 0.6) is 0 Å². The van der Waals surface area contributed by atoms with E-state index in [2.05, 4.69) is 22.4 Å². The summed E-state index contributed by atoms with van der Waals surface area (Å²) >= 11 is 11.9. The van der Waals surface area contributed by atoms with E-state index < -0.39 is 0 Å². The van der Waals surface area contributed by atoms with Gasteiger partial charge >= 0.3 is 0 Å². The zero-order valence-corrected chi connectivity index (χ0v) is 13.0. The van der Waals surface area contributed by atoms with Gasteiger partial charge in [0.2, 0.25) is 11.8 Å². The molecule has 0 aliphatic heterocycles. The van der Waals surface area contributed by atoms with Gasteiger partial charge in [-0.2, -0.15) is 0 Å². The van der Waals surface area contributed by atoms with Crippen LogP contribution in [0, 0.1) is 0 Å². The van der Waals surface area contributed by atoms with E-state index in [9.17, 15) is 0 Å². The molecule has 20 heavy (non-hydrogen) atoms. The molecule has 1 N–H and O–H groups in total. The largest absolute Gasteiger partial charge is 0.423 e. The molecule has 1 aromatic carbocycles. The minimum atomic E-state index is 0.0602. The number of nitrogens with one attached hydrogen (secondary N) is 1. The maximum atomic E-state index is 5.98. The summed E-state index contributed by atoms with van der Waals surface area (Å²) in [6.45, 7) is 5.04. The van der Waals surface area contributed by atoms with Crippen molar-refractivity contribution in [2.24, 2.45) is 0 Å². The Morgan fingerprint density at radius 2 is 2.05 bits per heavy atom. The summed E-state index contributed by atoms with van der Waals surface area (Å²) < 4.78 is 5.66. The monoisotopic (exact) mass is 313 g/mol. The fraction of sp³-hybridized carbons (Fsp3) is 0.429. The highest BCUT2D eigenvalue weighted by atomic mass is 35.5. The van der Waals surface area contributed by atoms with Crippen LogP contribution in [0.4, 0.5) is 0 Å². The molecule has 1 unspecified atom stereocenters. The number of aromatic nitrogens is 2. The van der Waals surface area contributed by atoms with Crippen molar-refractivity contribution in [2.45, 2.75) is 32.7 Å². The van der Waals surface area contributed by atoms with E-state index >= 15 is 0 Å². The number of hydrogen-bond donors (Lipinski definition) is 1. The average molecular weight is 314 g/mol. The average Bonchev–Trinajstić information content (AvgIpc) is 2.89. The van der Waals surface area contributed by atoms with E-state index in [0.29, 0.717) is 28.2 Å². The Kier molecular flexibility index (Phi) is 5.40. The second kappa shape index (κ2) is 7.07. The van der Waals surface area contributed by atoms with E-state index in [0.717, 1.165) is 18.5 Å². The second-order valence-corrected chi connectivity index (χ2v) is 5.45. The summed E-state index contributed by atoms with van der Waals surface area (Å²) in [6.07, 6.45) is 1.61. The Morgan fingerprint density at radius 3 is 2.75 bits per heavy atom. The first-order chi connectivity index (χ1) is 9.60. The van der Waals surface area contributed by atoms with Crippen molar-refractivity contribution >= 4 is 23.2 Å². The van der Waals surface area contributed by atoms with Gasteiger partial charge in [0.15, 0.2) is 0 Å². The van der Waals surface area contributed by atoms with E-state index in [1.165, 1.54) is 0 Å². The third-order valence-corrected chi connectivity index (χ3v) is 3.63. The van der Waals surface area contributed by atoms with Crippen molar-refractivity contribution < 1.29 is 4.42 Å². The molecule has 4 nitrogen and oxygen atoms in total.